The Morgan fingerprint density at radius 3 is 2.90 bits per heavy atom. The number of carbonyl (C=O) groups is 1. The molecule has 2 N–H and O–H groups in total. The maximum Gasteiger partial charge on any atom is 0.321 e. The predicted octanol–water partition coefficient (Wildman–Crippen LogP) is 3.01. The summed E-state index contributed by atoms with van der Waals surface area (Å²) in [7, 11) is 0. The summed E-state index contributed by atoms with van der Waals surface area (Å²) < 4.78 is 0. The van der Waals surface area contributed by atoms with Gasteiger partial charge in [0.15, 0.2) is 5.13 Å². The summed E-state index contributed by atoms with van der Waals surface area (Å²) in [6.45, 7) is 0.374. The van der Waals surface area contributed by atoms with Gasteiger partial charge < -0.3 is 5.32 Å². The Balaban J connectivity index is 1.69. The number of benzene rings is 1. The molecule has 6 heteroatoms. The van der Waals surface area contributed by atoms with Crippen molar-refractivity contribution in [2.24, 2.45) is 0 Å². The van der Waals surface area contributed by atoms with Crippen molar-refractivity contribution < 1.29 is 4.79 Å². The molecule has 2 heterocycles. The zero-order valence-corrected chi connectivity index (χ0v) is 11.4. The van der Waals surface area contributed by atoms with E-state index in [9.17, 15) is 4.79 Å². The molecule has 0 aliphatic rings. The van der Waals surface area contributed by atoms with E-state index in [4.69, 9.17) is 0 Å². The summed E-state index contributed by atoms with van der Waals surface area (Å²) in [4.78, 5) is 20.0. The Kier molecular flexibility index (Phi) is 3.56. The van der Waals surface area contributed by atoms with E-state index in [0.717, 1.165) is 16.5 Å². The van der Waals surface area contributed by atoms with E-state index in [0.29, 0.717) is 11.7 Å². The van der Waals surface area contributed by atoms with Gasteiger partial charge in [-0.15, -0.1) is 11.3 Å². The molecule has 0 spiro atoms. The quantitative estimate of drug-likeness (QED) is 0.777. The largest absolute Gasteiger partial charge is 0.332 e. The average molecular weight is 284 g/mol. The monoisotopic (exact) mass is 284 g/mol. The molecular formula is C14H12N4OS. The number of hydrogen-bond donors (Lipinski definition) is 2. The van der Waals surface area contributed by atoms with Crippen LogP contribution in [0.5, 0.6) is 0 Å². The van der Waals surface area contributed by atoms with Gasteiger partial charge in [-0.25, -0.2) is 9.78 Å². The summed E-state index contributed by atoms with van der Waals surface area (Å²) in [5.41, 5.74) is 0.845. The highest BCUT2D eigenvalue weighted by Gasteiger charge is 2.06. The SMILES string of the molecule is O=C(NCc1nccc2ccccc12)Nc1nccs1. The van der Waals surface area contributed by atoms with Crippen LogP contribution in [0.1, 0.15) is 5.69 Å². The van der Waals surface area contributed by atoms with Crippen LogP contribution in [0.25, 0.3) is 10.8 Å². The lowest BCUT2D eigenvalue weighted by Gasteiger charge is -2.07. The zero-order valence-electron chi connectivity index (χ0n) is 10.5. The third kappa shape index (κ3) is 2.75. The van der Waals surface area contributed by atoms with Crippen molar-refractivity contribution in [3.05, 3.63) is 53.8 Å². The van der Waals surface area contributed by atoms with Gasteiger partial charge in [-0.2, -0.15) is 0 Å². The normalized spacial score (nSPS) is 10.4. The molecular weight excluding hydrogens is 272 g/mol. The maximum atomic E-state index is 11.7. The van der Waals surface area contributed by atoms with Crippen LogP contribution in [-0.4, -0.2) is 16.0 Å². The maximum absolute atomic E-state index is 11.7. The summed E-state index contributed by atoms with van der Waals surface area (Å²) in [6, 6.07) is 9.63. The highest BCUT2D eigenvalue weighted by atomic mass is 32.1. The van der Waals surface area contributed by atoms with E-state index < -0.39 is 0 Å². The summed E-state index contributed by atoms with van der Waals surface area (Å²) in [5.74, 6) is 0. The lowest BCUT2D eigenvalue weighted by Crippen LogP contribution is -2.28. The molecule has 1 aromatic carbocycles. The van der Waals surface area contributed by atoms with E-state index in [1.54, 1.807) is 12.4 Å². The van der Waals surface area contributed by atoms with E-state index in [1.807, 2.05) is 35.7 Å². The van der Waals surface area contributed by atoms with Crippen molar-refractivity contribution >= 4 is 33.3 Å². The number of amides is 2. The number of thiazole rings is 1. The molecule has 0 saturated heterocycles. The minimum atomic E-state index is -0.283. The number of aromatic nitrogens is 2. The molecule has 0 radical (unpaired) electrons. The van der Waals surface area contributed by atoms with Crippen molar-refractivity contribution in [1.29, 1.82) is 0 Å². The van der Waals surface area contributed by atoms with Crippen molar-refractivity contribution in [3.8, 4) is 0 Å². The Morgan fingerprint density at radius 1 is 1.15 bits per heavy atom. The molecule has 0 aliphatic carbocycles. The topological polar surface area (TPSA) is 66.9 Å². The highest BCUT2D eigenvalue weighted by Crippen LogP contribution is 2.16. The number of carbonyl (C=O) groups excluding carboxylic acids is 1. The van der Waals surface area contributed by atoms with E-state index in [-0.39, 0.29) is 6.03 Å². The van der Waals surface area contributed by atoms with Crippen molar-refractivity contribution in [3.63, 3.8) is 0 Å². The van der Waals surface area contributed by atoms with Crippen LogP contribution in [0.3, 0.4) is 0 Å². The van der Waals surface area contributed by atoms with Gasteiger partial charge in [0.25, 0.3) is 0 Å². The molecule has 2 amide bonds. The summed E-state index contributed by atoms with van der Waals surface area (Å²) >= 11 is 1.38. The van der Waals surface area contributed by atoms with Crippen LogP contribution in [-0.2, 0) is 6.54 Å². The first kappa shape index (κ1) is 12.6. The Morgan fingerprint density at radius 2 is 2.05 bits per heavy atom. The molecule has 5 nitrogen and oxygen atoms in total. The van der Waals surface area contributed by atoms with Crippen LogP contribution in [0.15, 0.2) is 48.1 Å². The first-order valence-corrected chi connectivity index (χ1v) is 6.98. The molecule has 20 heavy (non-hydrogen) atoms. The first-order valence-electron chi connectivity index (χ1n) is 6.10. The van der Waals surface area contributed by atoms with Gasteiger partial charge in [0.1, 0.15) is 0 Å². The van der Waals surface area contributed by atoms with Crippen molar-refractivity contribution in [1.82, 2.24) is 15.3 Å². The van der Waals surface area contributed by atoms with E-state index >= 15 is 0 Å². The molecule has 2 aromatic heterocycles. The minimum Gasteiger partial charge on any atom is -0.332 e. The molecule has 3 aromatic rings. The second-order valence-corrected chi connectivity index (χ2v) is 5.02. The third-order valence-corrected chi connectivity index (χ3v) is 3.51. The van der Waals surface area contributed by atoms with Gasteiger partial charge in [0.05, 0.1) is 12.2 Å². The van der Waals surface area contributed by atoms with Gasteiger partial charge in [-0.1, -0.05) is 24.3 Å². The standard InChI is InChI=1S/C14H12N4OS/c19-13(18-14-16-7-8-20-14)17-9-12-11-4-2-1-3-10(11)5-6-15-12/h1-8H,9H2,(H2,16,17,18,19). The number of nitrogens with one attached hydrogen (secondary N) is 2. The second kappa shape index (κ2) is 5.66. The average Bonchev–Trinajstić information content (AvgIpc) is 2.98. The predicted molar refractivity (Wildman–Crippen MR) is 79.7 cm³/mol. The Bertz CT molecular complexity index is 722. The van der Waals surface area contributed by atoms with Gasteiger partial charge >= 0.3 is 6.03 Å². The van der Waals surface area contributed by atoms with E-state index in [2.05, 4.69) is 20.6 Å². The molecule has 0 fully saturated rings. The van der Waals surface area contributed by atoms with E-state index in [1.165, 1.54) is 11.3 Å². The van der Waals surface area contributed by atoms with Crippen LogP contribution in [0.4, 0.5) is 9.93 Å². The lowest BCUT2D eigenvalue weighted by molar-refractivity contribution is 0.251. The Labute approximate surface area is 119 Å². The van der Waals surface area contributed by atoms with Gasteiger partial charge in [-0.3, -0.25) is 10.3 Å². The molecule has 0 unspecified atom stereocenters. The fraction of sp³-hybridized carbons (Fsp3) is 0.0714. The number of hydrogen-bond acceptors (Lipinski definition) is 4. The summed E-state index contributed by atoms with van der Waals surface area (Å²) in [5, 5.41) is 9.99. The first-order chi connectivity index (χ1) is 9.83. The van der Waals surface area contributed by atoms with Crippen molar-refractivity contribution in [2.75, 3.05) is 5.32 Å². The van der Waals surface area contributed by atoms with Gasteiger partial charge in [0.2, 0.25) is 0 Å². The number of urea groups is 1. The molecule has 3 rings (SSSR count). The number of pyridine rings is 1. The summed E-state index contributed by atoms with van der Waals surface area (Å²) in [6.07, 6.45) is 3.39. The fourth-order valence-electron chi connectivity index (χ4n) is 1.91. The van der Waals surface area contributed by atoms with Crippen molar-refractivity contribution in [2.45, 2.75) is 6.54 Å². The number of fused-ring (bicyclic) bond motifs is 1. The Hall–Kier alpha value is -2.47. The van der Waals surface area contributed by atoms with Crippen LogP contribution >= 0.6 is 11.3 Å². The smallest absolute Gasteiger partial charge is 0.321 e. The molecule has 0 bridgehead atoms. The molecule has 0 saturated carbocycles. The lowest BCUT2D eigenvalue weighted by atomic mass is 10.1. The van der Waals surface area contributed by atoms with Crippen LogP contribution < -0.4 is 10.6 Å². The number of nitrogens with zero attached hydrogens (tertiary/aromatic N) is 2. The molecule has 0 aliphatic heterocycles. The molecule has 0 atom stereocenters. The fourth-order valence-corrected chi connectivity index (χ4v) is 2.44. The number of rotatable bonds is 3. The minimum absolute atomic E-state index is 0.283. The highest BCUT2D eigenvalue weighted by molar-refractivity contribution is 7.13. The van der Waals surface area contributed by atoms with Gasteiger partial charge in [-0.05, 0) is 11.5 Å². The zero-order chi connectivity index (χ0) is 13.8. The van der Waals surface area contributed by atoms with Crippen LogP contribution in [0, 0.1) is 0 Å². The number of anilines is 1. The second-order valence-electron chi connectivity index (χ2n) is 4.12. The van der Waals surface area contributed by atoms with Crippen LogP contribution in [0.2, 0.25) is 0 Å². The van der Waals surface area contributed by atoms with Gasteiger partial charge in [0, 0.05) is 23.2 Å². The third-order valence-electron chi connectivity index (χ3n) is 2.83. The molecule has 100 valence electrons.